The topological polar surface area (TPSA) is 47.6 Å². The van der Waals surface area contributed by atoms with Crippen LogP contribution in [0, 0.1) is 0 Å². The minimum Gasteiger partial charge on any atom is -0.480 e. The van der Waals surface area contributed by atoms with Crippen LogP contribution in [0.3, 0.4) is 0 Å². The Morgan fingerprint density at radius 2 is 1.95 bits per heavy atom. The molecule has 0 bridgehead atoms. The van der Waals surface area contributed by atoms with Crippen LogP contribution in [0.15, 0.2) is 24.3 Å². The first-order valence-corrected chi connectivity index (χ1v) is 6.91. The van der Waals surface area contributed by atoms with Crippen molar-refractivity contribution in [3.05, 3.63) is 29.8 Å². The highest BCUT2D eigenvalue weighted by molar-refractivity contribution is 5.81. The molecule has 7 heteroatoms. The maximum atomic E-state index is 12.9. The zero-order valence-electron chi connectivity index (χ0n) is 12.7. The third-order valence-corrected chi connectivity index (χ3v) is 3.07. The van der Waals surface area contributed by atoms with Gasteiger partial charge in [0.15, 0.2) is 6.10 Å². The van der Waals surface area contributed by atoms with E-state index in [2.05, 4.69) is 5.32 Å². The van der Waals surface area contributed by atoms with Crippen LogP contribution < -0.4 is 10.1 Å². The van der Waals surface area contributed by atoms with Gasteiger partial charge in [-0.2, -0.15) is 13.2 Å². The highest BCUT2D eigenvalue weighted by Crippen LogP contribution is 2.36. The van der Waals surface area contributed by atoms with E-state index in [4.69, 9.17) is 9.47 Å². The summed E-state index contributed by atoms with van der Waals surface area (Å²) in [5, 5.41) is 2.68. The van der Waals surface area contributed by atoms with Gasteiger partial charge in [0.05, 0.1) is 18.2 Å². The van der Waals surface area contributed by atoms with Crippen LogP contribution in [-0.2, 0) is 15.7 Å². The zero-order chi connectivity index (χ0) is 16.8. The number of hydrogen-bond donors (Lipinski definition) is 1. The van der Waals surface area contributed by atoms with Gasteiger partial charge in [-0.1, -0.05) is 19.1 Å². The van der Waals surface area contributed by atoms with Crippen molar-refractivity contribution >= 4 is 5.91 Å². The fourth-order valence-electron chi connectivity index (χ4n) is 1.83. The number of hydrogen-bond acceptors (Lipinski definition) is 3. The Kier molecular flexibility index (Phi) is 6.67. The molecule has 0 radical (unpaired) electrons. The van der Waals surface area contributed by atoms with Crippen molar-refractivity contribution in [2.75, 3.05) is 13.7 Å². The van der Waals surface area contributed by atoms with Crippen LogP contribution in [0.4, 0.5) is 13.2 Å². The molecule has 0 aromatic heterocycles. The van der Waals surface area contributed by atoms with E-state index in [9.17, 15) is 18.0 Å². The molecule has 1 N–H and O–H groups in total. The molecule has 2 unspecified atom stereocenters. The normalized spacial score (nSPS) is 14.3. The number of nitrogens with one attached hydrogen (secondary N) is 1. The van der Waals surface area contributed by atoms with Gasteiger partial charge in [-0.15, -0.1) is 0 Å². The molecule has 0 saturated heterocycles. The molecule has 4 nitrogen and oxygen atoms in total. The minimum atomic E-state index is -4.53. The number of amides is 1. The lowest BCUT2D eigenvalue weighted by Gasteiger charge is -2.21. The molecule has 1 aromatic rings. The molecular weight excluding hydrogens is 299 g/mol. The average Bonchev–Trinajstić information content (AvgIpc) is 2.46. The lowest BCUT2D eigenvalue weighted by Crippen LogP contribution is -2.44. The van der Waals surface area contributed by atoms with Gasteiger partial charge in [0, 0.05) is 7.11 Å². The fourth-order valence-corrected chi connectivity index (χ4v) is 1.83. The van der Waals surface area contributed by atoms with Crippen molar-refractivity contribution in [1.82, 2.24) is 5.32 Å². The SMILES string of the molecule is CCC(COC)NC(=O)C(C)Oc1ccccc1C(F)(F)F. The molecule has 0 spiro atoms. The molecule has 1 amide bonds. The molecule has 0 saturated carbocycles. The largest absolute Gasteiger partial charge is 0.480 e. The summed E-state index contributed by atoms with van der Waals surface area (Å²) in [5.41, 5.74) is -0.904. The highest BCUT2D eigenvalue weighted by atomic mass is 19.4. The number of benzene rings is 1. The molecule has 0 aliphatic carbocycles. The maximum absolute atomic E-state index is 12.9. The van der Waals surface area contributed by atoms with Crippen LogP contribution in [-0.4, -0.2) is 31.8 Å². The third kappa shape index (κ3) is 5.22. The summed E-state index contributed by atoms with van der Waals surface area (Å²) in [7, 11) is 1.51. The van der Waals surface area contributed by atoms with E-state index in [1.54, 1.807) is 0 Å². The van der Waals surface area contributed by atoms with E-state index in [1.807, 2.05) is 6.92 Å². The van der Waals surface area contributed by atoms with Gasteiger partial charge in [-0.3, -0.25) is 4.79 Å². The first kappa shape index (κ1) is 18.3. The first-order valence-electron chi connectivity index (χ1n) is 6.91. The summed E-state index contributed by atoms with van der Waals surface area (Å²) >= 11 is 0. The lowest BCUT2D eigenvalue weighted by molar-refractivity contribution is -0.140. The van der Waals surface area contributed by atoms with Gasteiger partial charge in [0.25, 0.3) is 5.91 Å². The quantitative estimate of drug-likeness (QED) is 0.840. The van der Waals surface area contributed by atoms with E-state index >= 15 is 0 Å². The van der Waals surface area contributed by atoms with Crippen molar-refractivity contribution in [2.45, 2.75) is 38.6 Å². The number of ether oxygens (including phenoxy) is 2. The molecule has 0 aliphatic rings. The summed E-state index contributed by atoms with van der Waals surface area (Å²) in [4.78, 5) is 12.0. The minimum absolute atomic E-state index is 0.207. The first-order chi connectivity index (χ1) is 10.3. The zero-order valence-corrected chi connectivity index (χ0v) is 12.7. The van der Waals surface area contributed by atoms with E-state index in [-0.39, 0.29) is 11.8 Å². The average molecular weight is 319 g/mol. The third-order valence-electron chi connectivity index (χ3n) is 3.07. The van der Waals surface area contributed by atoms with E-state index < -0.39 is 23.8 Å². The monoisotopic (exact) mass is 319 g/mol. The number of para-hydroxylation sites is 1. The molecule has 1 rings (SSSR count). The number of carbonyl (C=O) groups is 1. The Morgan fingerprint density at radius 3 is 2.50 bits per heavy atom. The number of methoxy groups -OCH3 is 1. The van der Waals surface area contributed by atoms with Crippen molar-refractivity contribution in [3.63, 3.8) is 0 Å². The fraction of sp³-hybridized carbons (Fsp3) is 0.533. The van der Waals surface area contributed by atoms with Gasteiger partial charge in [-0.05, 0) is 25.5 Å². The summed E-state index contributed by atoms with van der Waals surface area (Å²) in [6.07, 6.45) is -4.94. The standard InChI is InChI=1S/C15H20F3NO3/c1-4-11(9-21-3)19-14(20)10(2)22-13-8-6-5-7-12(13)15(16,17)18/h5-8,10-11H,4,9H2,1-3H3,(H,19,20). The highest BCUT2D eigenvalue weighted by Gasteiger charge is 2.34. The molecule has 0 heterocycles. The smallest absolute Gasteiger partial charge is 0.419 e. The second-order valence-corrected chi connectivity index (χ2v) is 4.82. The Hall–Kier alpha value is -1.76. The van der Waals surface area contributed by atoms with Crippen LogP contribution in [0.2, 0.25) is 0 Å². The van der Waals surface area contributed by atoms with Gasteiger partial charge in [0.2, 0.25) is 0 Å². The summed E-state index contributed by atoms with van der Waals surface area (Å²) in [6.45, 7) is 3.60. The van der Waals surface area contributed by atoms with Crippen molar-refractivity contribution in [3.8, 4) is 5.75 Å². The van der Waals surface area contributed by atoms with E-state index in [1.165, 1.54) is 32.2 Å². The van der Waals surface area contributed by atoms with Crippen LogP contribution in [0.5, 0.6) is 5.75 Å². The van der Waals surface area contributed by atoms with E-state index in [0.717, 1.165) is 6.07 Å². The van der Waals surface area contributed by atoms with Gasteiger partial charge >= 0.3 is 6.18 Å². The summed E-state index contributed by atoms with van der Waals surface area (Å²) < 4.78 is 48.7. The number of carbonyl (C=O) groups excluding carboxylic acids is 1. The number of halogens is 3. The van der Waals surface area contributed by atoms with Crippen molar-refractivity contribution < 1.29 is 27.4 Å². The van der Waals surface area contributed by atoms with E-state index in [0.29, 0.717) is 13.0 Å². The van der Waals surface area contributed by atoms with Crippen LogP contribution in [0.1, 0.15) is 25.8 Å². The molecule has 1 aromatic carbocycles. The molecule has 0 aliphatic heterocycles. The second kappa shape index (κ2) is 8.03. The van der Waals surface area contributed by atoms with Crippen LogP contribution in [0.25, 0.3) is 0 Å². The summed E-state index contributed by atoms with van der Waals surface area (Å²) in [6, 6.07) is 4.60. The van der Waals surface area contributed by atoms with Gasteiger partial charge < -0.3 is 14.8 Å². The Bertz CT molecular complexity index is 491. The molecule has 2 atom stereocenters. The maximum Gasteiger partial charge on any atom is 0.419 e. The molecule has 22 heavy (non-hydrogen) atoms. The van der Waals surface area contributed by atoms with Gasteiger partial charge in [0.1, 0.15) is 5.75 Å². The van der Waals surface area contributed by atoms with Crippen LogP contribution >= 0.6 is 0 Å². The summed E-state index contributed by atoms with van der Waals surface area (Å²) in [5.74, 6) is -0.849. The molecular formula is C15H20F3NO3. The number of rotatable bonds is 7. The van der Waals surface area contributed by atoms with Gasteiger partial charge in [-0.25, -0.2) is 0 Å². The van der Waals surface area contributed by atoms with Crippen molar-refractivity contribution in [1.29, 1.82) is 0 Å². The number of alkyl halides is 3. The predicted molar refractivity (Wildman–Crippen MR) is 75.6 cm³/mol. The molecule has 124 valence electrons. The Morgan fingerprint density at radius 1 is 1.32 bits per heavy atom. The molecule has 0 fully saturated rings. The Labute approximate surface area is 127 Å². The Balaban J connectivity index is 2.76. The lowest BCUT2D eigenvalue weighted by atomic mass is 10.2. The second-order valence-electron chi connectivity index (χ2n) is 4.82. The predicted octanol–water partition coefficient (Wildman–Crippen LogP) is 3.01. The van der Waals surface area contributed by atoms with Crippen molar-refractivity contribution in [2.24, 2.45) is 0 Å².